The number of ether oxygens (including phenoxy) is 1. The van der Waals surface area contributed by atoms with E-state index in [-0.39, 0.29) is 30.0 Å². The summed E-state index contributed by atoms with van der Waals surface area (Å²) in [5.41, 5.74) is 0. The maximum absolute atomic E-state index is 5.73. The highest BCUT2D eigenvalue weighted by Gasteiger charge is 2.16. The number of aromatic nitrogens is 3. The van der Waals surface area contributed by atoms with Crippen LogP contribution in [-0.4, -0.2) is 47.0 Å². The van der Waals surface area contributed by atoms with Crippen molar-refractivity contribution in [2.75, 3.05) is 26.3 Å². The summed E-state index contributed by atoms with van der Waals surface area (Å²) in [7, 11) is 0. The van der Waals surface area contributed by atoms with Crippen molar-refractivity contribution in [2.24, 2.45) is 10.9 Å². The largest absolute Gasteiger partial charge is 0.464 e. The highest BCUT2D eigenvalue weighted by molar-refractivity contribution is 14.0. The van der Waals surface area contributed by atoms with Crippen molar-refractivity contribution in [3.63, 3.8) is 0 Å². The van der Waals surface area contributed by atoms with Crippen LogP contribution in [0.5, 0.6) is 0 Å². The van der Waals surface area contributed by atoms with Crippen LogP contribution in [0.4, 0.5) is 0 Å². The Morgan fingerprint density at radius 1 is 1.43 bits per heavy atom. The standard InChI is InChI=1S/C19H30N6O2.HI/c1-4-18-24-22-13-25(18)9-8-20-19(21-11-16-7-10-26-12-16)23-15(3)17-6-5-14(2)27-17;/h5-6,13,15-16H,4,7-12H2,1-3H3,(H2,20,21,23);1H. The molecule has 0 aromatic carbocycles. The van der Waals surface area contributed by atoms with Gasteiger partial charge in [-0.05, 0) is 32.4 Å². The lowest BCUT2D eigenvalue weighted by Crippen LogP contribution is -2.40. The number of nitrogens with zero attached hydrogens (tertiary/aromatic N) is 4. The van der Waals surface area contributed by atoms with Crippen molar-refractivity contribution < 1.29 is 9.15 Å². The zero-order valence-corrected chi connectivity index (χ0v) is 19.2. The van der Waals surface area contributed by atoms with Gasteiger partial charge in [-0.2, -0.15) is 0 Å². The predicted molar refractivity (Wildman–Crippen MR) is 119 cm³/mol. The molecule has 2 aromatic rings. The molecule has 2 atom stereocenters. The maximum atomic E-state index is 5.73. The Bertz CT molecular complexity index is 738. The van der Waals surface area contributed by atoms with E-state index in [2.05, 4.69) is 39.2 Å². The first-order chi connectivity index (χ1) is 13.2. The molecule has 156 valence electrons. The Hall–Kier alpha value is -1.62. The molecule has 1 aliphatic rings. The zero-order valence-electron chi connectivity index (χ0n) is 16.9. The fourth-order valence-corrected chi connectivity index (χ4v) is 3.10. The molecule has 2 N–H and O–H groups in total. The minimum atomic E-state index is 0. The summed E-state index contributed by atoms with van der Waals surface area (Å²) in [6, 6.07) is 4.01. The second-order valence-corrected chi connectivity index (χ2v) is 6.95. The van der Waals surface area contributed by atoms with Crippen LogP contribution in [0.2, 0.25) is 0 Å². The average Bonchev–Trinajstić information content (AvgIpc) is 3.41. The number of guanidine groups is 1. The summed E-state index contributed by atoms with van der Waals surface area (Å²) in [6.45, 7) is 10.0. The average molecular weight is 502 g/mol. The highest BCUT2D eigenvalue weighted by Crippen LogP contribution is 2.16. The van der Waals surface area contributed by atoms with E-state index < -0.39 is 0 Å². The monoisotopic (exact) mass is 502 g/mol. The minimum absolute atomic E-state index is 0. The Labute approximate surface area is 183 Å². The molecule has 2 aromatic heterocycles. The van der Waals surface area contributed by atoms with Crippen molar-refractivity contribution >= 4 is 29.9 Å². The van der Waals surface area contributed by atoms with Gasteiger partial charge in [0, 0.05) is 38.6 Å². The Morgan fingerprint density at radius 3 is 2.96 bits per heavy atom. The van der Waals surface area contributed by atoms with Crippen LogP contribution in [0.25, 0.3) is 0 Å². The van der Waals surface area contributed by atoms with E-state index >= 15 is 0 Å². The maximum Gasteiger partial charge on any atom is 0.191 e. The van der Waals surface area contributed by atoms with Gasteiger partial charge in [0.25, 0.3) is 0 Å². The van der Waals surface area contributed by atoms with Gasteiger partial charge in [0.05, 0.1) is 12.6 Å². The summed E-state index contributed by atoms with van der Waals surface area (Å²) >= 11 is 0. The van der Waals surface area contributed by atoms with Gasteiger partial charge >= 0.3 is 0 Å². The summed E-state index contributed by atoms with van der Waals surface area (Å²) in [5, 5.41) is 15.0. The number of rotatable bonds is 8. The highest BCUT2D eigenvalue weighted by atomic mass is 127. The van der Waals surface area contributed by atoms with E-state index in [1.807, 2.05) is 19.1 Å². The van der Waals surface area contributed by atoms with Crippen molar-refractivity contribution in [3.8, 4) is 0 Å². The fourth-order valence-electron chi connectivity index (χ4n) is 3.10. The Balaban J connectivity index is 0.00000280. The summed E-state index contributed by atoms with van der Waals surface area (Å²) < 4.78 is 13.3. The summed E-state index contributed by atoms with van der Waals surface area (Å²) in [6.07, 6.45) is 3.72. The first-order valence-electron chi connectivity index (χ1n) is 9.71. The molecule has 28 heavy (non-hydrogen) atoms. The molecule has 2 unspecified atom stereocenters. The molecule has 1 aliphatic heterocycles. The lowest BCUT2D eigenvalue weighted by atomic mass is 10.1. The van der Waals surface area contributed by atoms with Crippen LogP contribution in [0, 0.1) is 12.8 Å². The molecule has 0 saturated carbocycles. The third-order valence-corrected chi connectivity index (χ3v) is 4.73. The van der Waals surface area contributed by atoms with Crippen LogP contribution in [0.1, 0.15) is 43.7 Å². The lowest BCUT2D eigenvalue weighted by molar-refractivity contribution is 0.187. The number of halogens is 1. The molecule has 8 nitrogen and oxygen atoms in total. The molecule has 1 fully saturated rings. The van der Waals surface area contributed by atoms with Crippen LogP contribution in [0.3, 0.4) is 0 Å². The molecular weight excluding hydrogens is 471 g/mol. The third kappa shape index (κ3) is 6.47. The normalized spacial score (nSPS) is 18.0. The molecule has 1 saturated heterocycles. The third-order valence-electron chi connectivity index (χ3n) is 4.73. The predicted octanol–water partition coefficient (Wildman–Crippen LogP) is 2.69. The molecule has 3 heterocycles. The van der Waals surface area contributed by atoms with Gasteiger partial charge in [0.15, 0.2) is 5.96 Å². The molecule has 0 aliphatic carbocycles. The number of nitrogens with one attached hydrogen (secondary N) is 2. The van der Waals surface area contributed by atoms with Gasteiger partial charge in [-0.25, -0.2) is 0 Å². The summed E-state index contributed by atoms with van der Waals surface area (Å²) in [5.74, 6) is 4.08. The number of aliphatic imine (C=N–C) groups is 1. The van der Waals surface area contributed by atoms with Crippen LogP contribution in [-0.2, 0) is 17.7 Å². The second kappa shape index (κ2) is 11.4. The zero-order chi connectivity index (χ0) is 19.1. The lowest BCUT2D eigenvalue weighted by Gasteiger charge is -2.18. The van der Waals surface area contributed by atoms with Crippen molar-refractivity contribution in [1.82, 2.24) is 25.4 Å². The number of hydrogen-bond acceptors (Lipinski definition) is 5. The molecule has 0 radical (unpaired) electrons. The van der Waals surface area contributed by atoms with E-state index in [1.54, 1.807) is 6.33 Å². The quantitative estimate of drug-likeness (QED) is 0.328. The van der Waals surface area contributed by atoms with Crippen molar-refractivity contribution in [3.05, 3.63) is 35.8 Å². The SMILES string of the molecule is CCc1nncn1CCNC(=NCC1CCOC1)NC(C)c1ccc(C)o1.I. The van der Waals surface area contributed by atoms with Gasteiger partial charge in [-0.3, -0.25) is 4.99 Å². The second-order valence-electron chi connectivity index (χ2n) is 6.95. The first kappa shape index (κ1) is 22.7. The molecule has 0 amide bonds. The first-order valence-corrected chi connectivity index (χ1v) is 9.71. The van der Waals surface area contributed by atoms with E-state index in [1.165, 1.54) is 0 Å². The summed E-state index contributed by atoms with van der Waals surface area (Å²) in [4.78, 5) is 4.77. The molecule has 0 bridgehead atoms. The van der Waals surface area contributed by atoms with E-state index in [0.29, 0.717) is 5.92 Å². The van der Waals surface area contributed by atoms with E-state index in [4.69, 9.17) is 14.1 Å². The van der Waals surface area contributed by atoms with Gasteiger partial charge in [0.1, 0.15) is 23.7 Å². The van der Waals surface area contributed by atoms with Gasteiger partial charge in [-0.15, -0.1) is 34.2 Å². The Kier molecular flexibility index (Phi) is 9.23. The minimum Gasteiger partial charge on any atom is -0.464 e. The smallest absolute Gasteiger partial charge is 0.191 e. The van der Waals surface area contributed by atoms with Crippen molar-refractivity contribution in [1.29, 1.82) is 0 Å². The molecule has 3 rings (SSSR count). The van der Waals surface area contributed by atoms with Gasteiger partial charge < -0.3 is 24.4 Å². The van der Waals surface area contributed by atoms with Gasteiger partial charge in [0.2, 0.25) is 0 Å². The molecule has 0 spiro atoms. The van der Waals surface area contributed by atoms with E-state index in [0.717, 1.165) is 69.0 Å². The Morgan fingerprint density at radius 2 is 2.29 bits per heavy atom. The number of furan rings is 1. The van der Waals surface area contributed by atoms with Crippen LogP contribution >= 0.6 is 24.0 Å². The number of hydrogen-bond donors (Lipinski definition) is 2. The van der Waals surface area contributed by atoms with E-state index in [9.17, 15) is 0 Å². The molecule has 9 heteroatoms. The fraction of sp³-hybridized carbons (Fsp3) is 0.632. The van der Waals surface area contributed by atoms with Crippen LogP contribution < -0.4 is 10.6 Å². The van der Waals surface area contributed by atoms with Gasteiger partial charge in [-0.1, -0.05) is 6.92 Å². The topological polar surface area (TPSA) is 89.5 Å². The van der Waals surface area contributed by atoms with Crippen LogP contribution in [0.15, 0.2) is 27.9 Å². The molecular formula is C19H31IN6O2. The number of aryl methyl sites for hydroxylation is 2. The van der Waals surface area contributed by atoms with Crippen molar-refractivity contribution in [2.45, 2.75) is 46.2 Å².